The van der Waals surface area contributed by atoms with Gasteiger partial charge in [-0.1, -0.05) is 41.9 Å². The number of fused-ring (bicyclic) bond motifs is 1. The topological polar surface area (TPSA) is 74.2 Å². The molecule has 3 heterocycles. The Morgan fingerprint density at radius 2 is 1.69 bits per heavy atom. The molecule has 1 N–H and O–H groups in total. The second-order valence-electron chi connectivity index (χ2n) is 7.79. The molecule has 0 aliphatic carbocycles. The molecule has 2 aromatic carbocycles. The normalized spacial score (nSPS) is 15.2. The van der Waals surface area contributed by atoms with E-state index in [4.69, 9.17) is 11.6 Å². The molecule has 5 rings (SSSR count). The van der Waals surface area contributed by atoms with Crippen molar-refractivity contribution in [1.29, 1.82) is 0 Å². The first kappa shape index (κ1) is 20.3. The summed E-state index contributed by atoms with van der Waals surface area (Å²) in [5.41, 5.74) is 2.78. The molecule has 1 saturated heterocycles. The van der Waals surface area contributed by atoms with Crippen molar-refractivity contribution in [2.24, 2.45) is 0 Å². The largest absolute Gasteiger partial charge is 0.368 e. The number of hydrogen-bond acceptors (Lipinski definition) is 4. The average molecular weight is 448 g/mol. The predicted octanol–water partition coefficient (Wildman–Crippen LogP) is 3.32. The number of rotatable bonds is 4. The van der Waals surface area contributed by atoms with Crippen molar-refractivity contribution < 1.29 is 4.79 Å². The number of halogens is 1. The van der Waals surface area contributed by atoms with Gasteiger partial charge in [0.05, 0.1) is 11.0 Å². The molecule has 1 aliphatic heterocycles. The number of carbonyl (C=O) groups excluding carboxylic acids is 1. The number of aromatic nitrogens is 3. The van der Waals surface area contributed by atoms with Crippen molar-refractivity contribution in [2.75, 3.05) is 31.1 Å². The van der Waals surface area contributed by atoms with Crippen LogP contribution in [0.1, 0.15) is 11.6 Å². The molecule has 1 amide bonds. The third-order valence-electron chi connectivity index (χ3n) is 5.91. The maximum absolute atomic E-state index is 13.8. The molecule has 7 nitrogen and oxygen atoms in total. The van der Waals surface area contributed by atoms with Crippen LogP contribution in [0.15, 0.2) is 77.9 Å². The highest BCUT2D eigenvalue weighted by molar-refractivity contribution is 6.31. The number of anilines is 1. The summed E-state index contributed by atoms with van der Waals surface area (Å²) in [6.07, 6.45) is 3.54. The summed E-state index contributed by atoms with van der Waals surface area (Å²) in [6, 6.07) is 17.8. The zero-order valence-corrected chi connectivity index (χ0v) is 18.1. The Bertz CT molecular complexity index is 1290. The highest BCUT2D eigenvalue weighted by Crippen LogP contribution is 2.26. The lowest BCUT2D eigenvalue weighted by Crippen LogP contribution is -2.51. The number of carbonyl (C=O) groups is 1. The molecular formula is C24H22ClN5O2. The molecule has 0 bridgehead atoms. The monoisotopic (exact) mass is 447 g/mol. The Labute approximate surface area is 189 Å². The molecule has 0 spiro atoms. The van der Waals surface area contributed by atoms with Crippen molar-refractivity contribution in [1.82, 2.24) is 19.4 Å². The zero-order valence-electron chi connectivity index (χ0n) is 17.3. The maximum atomic E-state index is 13.8. The van der Waals surface area contributed by atoms with E-state index < -0.39 is 6.04 Å². The van der Waals surface area contributed by atoms with Gasteiger partial charge in [0.25, 0.3) is 5.91 Å². The molecule has 4 aromatic rings. The molecule has 1 atom stereocenters. The fourth-order valence-electron chi connectivity index (χ4n) is 4.30. The average Bonchev–Trinajstić information content (AvgIpc) is 3.15. The van der Waals surface area contributed by atoms with E-state index in [1.165, 1.54) is 4.57 Å². The number of pyridine rings is 1. The molecule has 1 aliphatic rings. The minimum absolute atomic E-state index is 0.103. The van der Waals surface area contributed by atoms with Gasteiger partial charge < -0.3 is 14.8 Å². The number of piperazine rings is 1. The van der Waals surface area contributed by atoms with Crippen LogP contribution in [0.4, 0.5) is 5.69 Å². The van der Waals surface area contributed by atoms with Crippen LogP contribution in [-0.2, 0) is 4.79 Å². The van der Waals surface area contributed by atoms with Gasteiger partial charge in [-0.05, 0) is 35.9 Å². The van der Waals surface area contributed by atoms with E-state index in [1.807, 2.05) is 47.4 Å². The molecule has 1 fully saturated rings. The lowest BCUT2D eigenvalue weighted by molar-refractivity contribution is -0.133. The van der Waals surface area contributed by atoms with Crippen molar-refractivity contribution in [3.05, 3.63) is 94.1 Å². The number of imidazole rings is 1. The lowest BCUT2D eigenvalue weighted by atomic mass is 10.0. The van der Waals surface area contributed by atoms with Crippen molar-refractivity contribution in [3.63, 3.8) is 0 Å². The van der Waals surface area contributed by atoms with Gasteiger partial charge in [0.1, 0.15) is 6.04 Å². The predicted molar refractivity (Wildman–Crippen MR) is 125 cm³/mol. The van der Waals surface area contributed by atoms with Gasteiger partial charge in [0, 0.05) is 49.3 Å². The first-order valence-corrected chi connectivity index (χ1v) is 10.9. The van der Waals surface area contributed by atoms with Crippen molar-refractivity contribution in [3.8, 4) is 0 Å². The molecule has 2 aromatic heterocycles. The van der Waals surface area contributed by atoms with Crippen LogP contribution in [0.5, 0.6) is 0 Å². The van der Waals surface area contributed by atoms with Gasteiger partial charge in [-0.3, -0.25) is 14.3 Å². The van der Waals surface area contributed by atoms with Gasteiger partial charge in [-0.15, -0.1) is 0 Å². The van der Waals surface area contributed by atoms with Gasteiger partial charge in [-0.25, -0.2) is 4.79 Å². The summed E-state index contributed by atoms with van der Waals surface area (Å²) in [5.74, 6) is -0.103. The second kappa shape index (κ2) is 8.51. The first-order chi connectivity index (χ1) is 15.6. The quantitative estimate of drug-likeness (QED) is 0.521. The fourth-order valence-corrected chi connectivity index (χ4v) is 4.47. The van der Waals surface area contributed by atoms with Crippen molar-refractivity contribution in [2.45, 2.75) is 6.04 Å². The Morgan fingerprint density at radius 3 is 2.41 bits per heavy atom. The molecule has 162 valence electrons. The van der Waals surface area contributed by atoms with E-state index in [2.05, 4.69) is 14.9 Å². The highest BCUT2D eigenvalue weighted by Gasteiger charge is 2.32. The Kier molecular flexibility index (Phi) is 5.41. The van der Waals surface area contributed by atoms with Crippen LogP contribution in [0, 0.1) is 0 Å². The Hall–Kier alpha value is -3.58. The van der Waals surface area contributed by atoms with Gasteiger partial charge in [0.2, 0.25) is 0 Å². The number of amides is 1. The van der Waals surface area contributed by atoms with Crippen LogP contribution in [-0.4, -0.2) is 51.5 Å². The fraction of sp³-hybridized carbons (Fsp3) is 0.208. The van der Waals surface area contributed by atoms with E-state index >= 15 is 0 Å². The number of H-pyrrole nitrogens is 1. The van der Waals surface area contributed by atoms with E-state index in [1.54, 1.807) is 30.6 Å². The number of nitrogens with one attached hydrogen (secondary N) is 1. The standard InChI is InChI=1S/C24H22ClN5O2/c25-18-6-7-20-21(16-18)30(24(32)27-20)22(17-4-2-1-3-5-17)23(31)29-14-12-28(13-15-29)19-8-10-26-11-9-19/h1-11,16,22H,12-15H2,(H,27,32). The summed E-state index contributed by atoms with van der Waals surface area (Å²) >= 11 is 6.22. The van der Waals surface area contributed by atoms with E-state index in [0.29, 0.717) is 42.2 Å². The summed E-state index contributed by atoms with van der Waals surface area (Å²) in [6.45, 7) is 2.57. The minimum atomic E-state index is -0.775. The number of nitrogens with zero attached hydrogens (tertiary/aromatic N) is 4. The molecular weight excluding hydrogens is 426 g/mol. The summed E-state index contributed by atoms with van der Waals surface area (Å²) < 4.78 is 1.52. The Balaban J connectivity index is 1.49. The van der Waals surface area contributed by atoms with Crippen LogP contribution in [0.3, 0.4) is 0 Å². The Morgan fingerprint density at radius 1 is 0.969 bits per heavy atom. The second-order valence-corrected chi connectivity index (χ2v) is 8.23. The maximum Gasteiger partial charge on any atom is 0.327 e. The van der Waals surface area contributed by atoms with Crippen LogP contribution in [0.2, 0.25) is 5.02 Å². The summed E-state index contributed by atoms with van der Waals surface area (Å²) in [5, 5.41) is 0.510. The number of hydrogen-bond donors (Lipinski definition) is 1. The molecule has 32 heavy (non-hydrogen) atoms. The summed E-state index contributed by atoms with van der Waals surface area (Å²) in [7, 11) is 0. The molecule has 0 radical (unpaired) electrons. The van der Waals surface area contributed by atoms with Gasteiger partial charge in [0.15, 0.2) is 0 Å². The third-order valence-corrected chi connectivity index (χ3v) is 6.14. The molecule has 8 heteroatoms. The van der Waals surface area contributed by atoms with Crippen LogP contribution in [0.25, 0.3) is 11.0 Å². The van der Waals surface area contributed by atoms with Crippen LogP contribution >= 0.6 is 11.6 Å². The van der Waals surface area contributed by atoms with Crippen molar-refractivity contribution >= 4 is 34.2 Å². The molecule has 0 saturated carbocycles. The number of aromatic amines is 1. The smallest absolute Gasteiger partial charge is 0.327 e. The lowest BCUT2D eigenvalue weighted by Gasteiger charge is -2.37. The van der Waals surface area contributed by atoms with Gasteiger partial charge >= 0.3 is 5.69 Å². The third kappa shape index (κ3) is 3.76. The van der Waals surface area contributed by atoms with E-state index in [-0.39, 0.29) is 11.6 Å². The van der Waals surface area contributed by atoms with E-state index in [9.17, 15) is 9.59 Å². The van der Waals surface area contributed by atoms with Gasteiger partial charge in [-0.2, -0.15) is 0 Å². The summed E-state index contributed by atoms with van der Waals surface area (Å²) in [4.78, 5) is 37.8. The number of benzene rings is 2. The SMILES string of the molecule is O=C(C(c1ccccc1)n1c(=O)[nH]c2ccc(Cl)cc21)N1CCN(c2ccncc2)CC1. The van der Waals surface area contributed by atoms with E-state index in [0.717, 1.165) is 11.3 Å². The first-order valence-electron chi connectivity index (χ1n) is 10.5. The zero-order chi connectivity index (χ0) is 22.1. The minimum Gasteiger partial charge on any atom is -0.368 e. The molecule has 1 unspecified atom stereocenters. The highest BCUT2D eigenvalue weighted by atomic mass is 35.5. The van der Waals surface area contributed by atoms with Crippen LogP contribution < -0.4 is 10.6 Å².